The van der Waals surface area contributed by atoms with E-state index in [1.807, 2.05) is 36.4 Å². The molecule has 2 fully saturated rings. The SMILES string of the molecule is Cn1ncc(-c2cc3cc(CC(=O)C4CCC(CO)CC4)ncc3cn2)c1CN1CCCCC1. The van der Waals surface area contributed by atoms with Gasteiger partial charge in [0.25, 0.3) is 0 Å². The van der Waals surface area contributed by atoms with Gasteiger partial charge in [-0.3, -0.25) is 24.3 Å². The number of ketones is 1. The van der Waals surface area contributed by atoms with Gasteiger partial charge < -0.3 is 5.11 Å². The molecule has 2 aliphatic rings. The number of pyridine rings is 2. The number of aliphatic hydroxyl groups is 1. The van der Waals surface area contributed by atoms with Crippen LogP contribution in [0.4, 0.5) is 0 Å². The Hall–Kier alpha value is -2.64. The van der Waals surface area contributed by atoms with E-state index < -0.39 is 0 Å². The van der Waals surface area contributed by atoms with Crippen LogP contribution in [-0.2, 0) is 24.8 Å². The molecule has 0 bridgehead atoms. The van der Waals surface area contributed by atoms with Gasteiger partial charge in [0.1, 0.15) is 5.78 Å². The van der Waals surface area contributed by atoms with Crippen molar-refractivity contribution in [3.05, 3.63) is 42.1 Å². The van der Waals surface area contributed by atoms with Crippen LogP contribution < -0.4 is 0 Å². The molecule has 4 heterocycles. The number of aromatic nitrogens is 4. The number of piperidine rings is 1. The van der Waals surface area contributed by atoms with Crippen molar-refractivity contribution in [2.75, 3.05) is 19.7 Å². The summed E-state index contributed by atoms with van der Waals surface area (Å²) in [5.74, 6) is 0.732. The monoisotopic (exact) mass is 461 g/mol. The molecular formula is C27H35N5O2. The number of hydrogen-bond acceptors (Lipinski definition) is 6. The van der Waals surface area contributed by atoms with Crippen LogP contribution >= 0.6 is 0 Å². The van der Waals surface area contributed by atoms with Crippen LogP contribution in [0.15, 0.2) is 30.7 Å². The molecule has 0 atom stereocenters. The molecule has 1 saturated heterocycles. The standard InChI is InChI=1S/C27H35N5O2/c1-31-26(17-32-9-3-2-4-10-32)24(16-30-31)25-12-21-11-23(28-14-22(21)15-29-25)13-27(34)20-7-5-19(18-33)6-8-20/h11-12,14-16,19-20,33H,2-10,13,17-18H2,1H3. The summed E-state index contributed by atoms with van der Waals surface area (Å²) in [6.45, 7) is 3.40. The minimum Gasteiger partial charge on any atom is -0.396 e. The molecule has 0 unspecified atom stereocenters. The molecule has 7 nitrogen and oxygen atoms in total. The quantitative estimate of drug-likeness (QED) is 0.574. The minimum absolute atomic E-state index is 0.0982. The van der Waals surface area contributed by atoms with E-state index in [0.717, 1.165) is 73.0 Å². The summed E-state index contributed by atoms with van der Waals surface area (Å²) in [7, 11) is 2.01. The van der Waals surface area contributed by atoms with E-state index in [-0.39, 0.29) is 18.3 Å². The molecule has 1 aliphatic heterocycles. The van der Waals surface area contributed by atoms with Crippen molar-refractivity contribution in [2.45, 2.75) is 57.9 Å². The molecule has 7 heteroatoms. The smallest absolute Gasteiger partial charge is 0.141 e. The zero-order valence-electron chi connectivity index (χ0n) is 20.1. The summed E-state index contributed by atoms with van der Waals surface area (Å²) in [5, 5.41) is 15.9. The maximum atomic E-state index is 12.9. The molecule has 3 aromatic rings. The van der Waals surface area contributed by atoms with Gasteiger partial charge in [-0.25, -0.2) is 0 Å². The van der Waals surface area contributed by atoms with Crippen LogP contribution in [0.5, 0.6) is 0 Å². The van der Waals surface area contributed by atoms with Crippen molar-refractivity contribution in [3.8, 4) is 11.3 Å². The number of aliphatic hydroxyl groups excluding tert-OH is 1. The van der Waals surface area contributed by atoms with E-state index in [4.69, 9.17) is 4.98 Å². The summed E-state index contributed by atoms with van der Waals surface area (Å²) >= 11 is 0. The Morgan fingerprint density at radius 2 is 1.76 bits per heavy atom. The first-order chi connectivity index (χ1) is 16.6. The van der Waals surface area contributed by atoms with E-state index in [2.05, 4.69) is 21.0 Å². The summed E-state index contributed by atoms with van der Waals surface area (Å²) in [5.41, 5.74) is 4.00. The fourth-order valence-electron chi connectivity index (χ4n) is 5.51. The van der Waals surface area contributed by atoms with Gasteiger partial charge in [0.15, 0.2) is 0 Å². The highest BCUT2D eigenvalue weighted by atomic mass is 16.3. The number of Topliss-reactive ketones (excluding diaryl/α,β-unsaturated/α-hetero) is 1. The van der Waals surface area contributed by atoms with Gasteiger partial charge in [0, 0.05) is 61.6 Å². The summed E-state index contributed by atoms with van der Waals surface area (Å²) in [6.07, 6.45) is 13.5. The molecule has 0 spiro atoms. The van der Waals surface area contributed by atoms with Crippen molar-refractivity contribution < 1.29 is 9.90 Å². The number of carbonyl (C=O) groups is 1. The Labute approximate surface area is 201 Å². The Bertz CT molecular complexity index is 1140. The minimum atomic E-state index is 0.0982. The topological polar surface area (TPSA) is 84.1 Å². The van der Waals surface area contributed by atoms with Gasteiger partial charge in [0.05, 0.1) is 17.6 Å². The normalized spacial score (nSPS) is 21.7. The molecule has 0 amide bonds. The third kappa shape index (κ3) is 5.05. The average molecular weight is 462 g/mol. The Kier molecular flexibility index (Phi) is 7.02. The maximum Gasteiger partial charge on any atom is 0.141 e. The number of carbonyl (C=O) groups excluding carboxylic acids is 1. The van der Waals surface area contributed by atoms with Gasteiger partial charge in [-0.15, -0.1) is 0 Å². The lowest BCUT2D eigenvalue weighted by molar-refractivity contribution is -0.123. The van der Waals surface area contributed by atoms with Gasteiger partial charge in [0.2, 0.25) is 0 Å². The van der Waals surface area contributed by atoms with E-state index >= 15 is 0 Å². The largest absolute Gasteiger partial charge is 0.396 e. The van der Waals surface area contributed by atoms with Gasteiger partial charge in [-0.1, -0.05) is 6.42 Å². The third-order valence-electron chi connectivity index (χ3n) is 7.74. The number of fused-ring (bicyclic) bond motifs is 1. The molecule has 1 aliphatic carbocycles. The first-order valence-corrected chi connectivity index (χ1v) is 12.7. The summed E-state index contributed by atoms with van der Waals surface area (Å²) in [6, 6.07) is 4.15. The van der Waals surface area contributed by atoms with E-state index in [1.54, 1.807) is 0 Å². The Balaban J connectivity index is 1.34. The van der Waals surface area contributed by atoms with Crippen LogP contribution in [0.25, 0.3) is 22.0 Å². The molecule has 5 rings (SSSR count). The van der Waals surface area contributed by atoms with E-state index in [9.17, 15) is 9.90 Å². The molecule has 1 N–H and O–H groups in total. The van der Waals surface area contributed by atoms with Crippen LogP contribution in [-0.4, -0.2) is 55.2 Å². The fraction of sp³-hybridized carbons (Fsp3) is 0.556. The highest BCUT2D eigenvalue weighted by molar-refractivity contribution is 5.87. The molecule has 34 heavy (non-hydrogen) atoms. The number of nitrogens with zero attached hydrogens (tertiary/aromatic N) is 5. The highest BCUT2D eigenvalue weighted by Gasteiger charge is 2.26. The van der Waals surface area contributed by atoms with Gasteiger partial charge >= 0.3 is 0 Å². The van der Waals surface area contributed by atoms with E-state index in [1.165, 1.54) is 25.0 Å². The lowest BCUT2D eigenvalue weighted by atomic mass is 9.79. The van der Waals surface area contributed by atoms with Crippen LogP contribution in [0.1, 0.15) is 56.3 Å². The number of hydrogen-bond donors (Lipinski definition) is 1. The van der Waals surface area contributed by atoms with Gasteiger partial charge in [-0.2, -0.15) is 5.10 Å². The molecule has 0 aromatic carbocycles. The van der Waals surface area contributed by atoms with Crippen LogP contribution in [0.2, 0.25) is 0 Å². The fourth-order valence-corrected chi connectivity index (χ4v) is 5.51. The number of aryl methyl sites for hydroxylation is 1. The first-order valence-electron chi connectivity index (χ1n) is 12.7. The lowest BCUT2D eigenvalue weighted by Crippen LogP contribution is -2.30. The zero-order valence-corrected chi connectivity index (χ0v) is 20.1. The summed E-state index contributed by atoms with van der Waals surface area (Å²) in [4.78, 5) is 24.7. The lowest BCUT2D eigenvalue weighted by Gasteiger charge is -2.26. The Morgan fingerprint density at radius 3 is 2.53 bits per heavy atom. The molecular weight excluding hydrogens is 426 g/mol. The van der Waals surface area contributed by atoms with Crippen molar-refractivity contribution in [1.82, 2.24) is 24.6 Å². The highest BCUT2D eigenvalue weighted by Crippen LogP contribution is 2.30. The molecule has 180 valence electrons. The Morgan fingerprint density at radius 1 is 1.00 bits per heavy atom. The van der Waals surface area contributed by atoms with Crippen molar-refractivity contribution in [2.24, 2.45) is 18.9 Å². The van der Waals surface area contributed by atoms with Crippen molar-refractivity contribution >= 4 is 16.6 Å². The number of rotatable bonds is 7. The predicted octanol–water partition coefficient (Wildman–Crippen LogP) is 3.93. The zero-order chi connectivity index (χ0) is 23.5. The molecule has 0 radical (unpaired) electrons. The van der Waals surface area contributed by atoms with E-state index in [0.29, 0.717) is 12.3 Å². The second kappa shape index (κ2) is 10.3. The average Bonchev–Trinajstić information content (AvgIpc) is 3.24. The van der Waals surface area contributed by atoms with Crippen molar-refractivity contribution in [3.63, 3.8) is 0 Å². The van der Waals surface area contributed by atoms with Crippen LogP contribution in [0.3, 0.4) is 0 Å². The van der Waals surface area contributed by atoms with Gasteiger partial charge in [-0.05, 0) is 75.1 Å². The molecule has 3 aromatic heterocycles. The summed E-state index contributed by atoms with van der Waals surface area (Å²) < 4.78 is 1.97. The first kappa shape index (κ1) is 23.1. The second-order valence-corrected chi connectivity index (χ2v) is 10.1. The second-order valence-electron chi connectivity index (χ2n) is 10.1. The van der Waals surface area contributed by atoms with Crippen LogP contribution in [0, 0.1) is 11.8 Å². The predicted molar refractivity (Wildman–Crippen MR) is 132 cm³/mol. The third-order valence-corrected chi connectivity index (χ3v) is 7.74. The number of likely N-dealkylation sites (tertiary alicyclic amines) is 1. The maximum absolute atomic E-state index is 12.9. The van der Waals surface area contributed by atoms with Crippen molar-refractivity contribution in [1.29, 1.82) is 0 Å². The molecule has 1 saturated carbocycles.